The molecule has 0 unspecified atom stereocenters. The Morgan fingerprint density at radius 3 is 2.64 bits per heavy atom. The van der Waals surface area contributed by atoms with Crippen LogP contribution >= 0.6 is 28.1 Å². The van der Waals surface area contributed by atoms with Crippen molar-refractivity contribution in [2.24, 2.45) is 0 Å². The van der Waals surface area contributed by atoms with Crippen molar-refractivity contribution in [3.05, 3.63) is 68.1 Å². The van der Waals surface area contributed by atoms with Gasteiger partial charge in [0.1, 0.15) is 5.75 Å². The maximum atomic E-state index is 12.5. The molecule has 0 saturated carbocycles. The van der Waals surface area contributed by atoms with Crippen LogP contribution in [0, 0.1) is 4.77 Å². The molecule has 1 atom stereocenters. The molecule has 0 aliphatic rings. The molecular weight excluding hydrogens is 406 g/mol. The summed E-state index contributed by atoms with van der Waals surface area (Å²) in [6, 6.07) is 14.0. The minimum atomic E-state index is -0.811. The molecule has 1 amide bonds. The molecule has 0 aliphatic carbocycles. The van der Waals surface area contributed by atoms with E-state index in [2.05, 4.69) is 26.3 Å². The molecule has 0 spiro atoms. The number of carbonyl (C=O) groups is 1. The average Bonchev–Trinajstić information content (AvgIpc) is 2.60. The molecule has 0 saturated heterocycles. The number of hydrogen-bond donors (Lipinski definition) is 2. The average molecular weight is 420 g/mol. The largest absolute Gasteiger partial charge is 0.481 e. The zero-order chi connectivity index (χ0) is 18.0. The van der Waals surface area contributed by atoms with Crippen molar-refractivity contribution in [2.45, 2.75) is 13.0 Å². The van der Waals surface area contributed by atoms with Gasteiger partial charge < -0.3 is 9.72 Å². The van der Waals surface area contributed by atoms with E-state index in [4.69, 9.17) is 17.0 Å². The maximum Gasteiger partial charge on any atom is 0.281 e. The highest BCUT2D eigenvalue weighted by Gasteiger charge is 2.17. The van der Waals surface area contributed by atoms with Gasteiger partial charge in [-0.1, -0.05) is 28.1 Å². The second-order valence-electron chi connectivity index (χ2n) is 5.31. The lowest BCUT2D eigenvalue weighted by Crippen LogP contribution is -2.40. The van der Waals surface area contributed by atoms with Gasteiger partial charge in [-0.15, -0.1) is 0 Å². The Bertz CT molecular complexity index is 1040. The van der Waals surface area contributed by atoms with Gasteiger partial charge >= 0.3 is 0 Å². The topological polar surface area (TPSA) is 76.1 Å². The van der Waals surface area contributed by atoms with Crippen LogP contribution in [-0.2, 0) is 4.79 Å². The summed E-state index contributed by atoms with van der Waals surface area (Å²) >= 11 is 8.50. The number of carbonyl (C=O) groups excluding carboxylic acids is 1. The Labute approximate surface area is 156 Å². The van der Waals surface area contributed by atoms with E-state index in [1.807, 2.05) is 12.1 Å². The van der Waals surface area contributed by atoms with Gasteiger partial charge in [-0.3, -0.25) is 15.0 Å². The van der Waals surface area contributed by atoms with E-state index in [0.29, 0.717) is 16.7 Å². The van der Waals surface area contributed by atoms with E-state index in [1.165, 1.54) is 0 Å². The summed E-state index contributed by atoms with van der Waals surface area (Å²) in [6.07, 6.45) is -0.811. The number of hydrogen-bond acceptors (Lipinski definition) is 4. The predicted octanol–water partition coefficient (Wildman–Crippen LogP) is 3.36. The molecule has 128 valence electrons. The van der Waals surface area contributed by atoms with Gasteiger partial charge in [-0.25, -0.2) is 0 Å². The minimum Gasteiger partial charge on any atom is -0.481 e. The number of aromatic nitrogens is 2. The lowest BCUT2D eigenvalue weighted by Gasteiger charge is -2.16. The highest BCUT2D eigenvalue weighted by molar-refractivity contribution is 9.10. The van der Waals surface area contributed by atoms with Gasteiger partial charge in [0.25, 0.3) is 11.5 Å². The number of benzene rings is 2. The number of aromatic amines is 1. The third kappa shape index (κ3) is 3.80. The summed E-state index contributed by atoms with van der Waals surface area (Å²) in [5.41, 5.74) is 2.71. The van der Waals surface area contributed by atoms with Crippen LogP contribution in [0.5, 0.6) is 5.75 Å². The molecular formula is C17H14BrN3O3S. The molecule has 3 aromatic rings. The van der Waals surface area contributed by atoms with Crippen LogP contribution in [0.4, 0.5) is 0 Å². The fraction of sp³-hybridized carbons (Fsp3) is 0.118. The monoisotopic (exact) mass is 419 g/mol. The Kier molecular flexibility index (Phi) is 5.00. The highest BCUT2D eigenvalue weighted by atomic mass is 79.9. The van der Waals surface area contributed by atoms with Crippen molar-refractivity contribution in [3.8, 4) is 5.75 Å². The smallest absolute Gasteiger partial charge is 0.281 e. The first-order chi connectivity index (χ1) is 12.0. The standard InChI is InChI=1S/C17H14BrN3O3S/c1-10(24-12-8-6-11(18)7-9-12)15(22)20-21-16(23)13-4-2-3-5-14(13)19-17(21)25/h2-10H,1H3,(H,19,25)(H,20,22)/t10-/m1/s1. The van der Waals surface area contributed by atoms with Crippen LogP contribution < -0.4 is 15.7 Å². The SMILES string of the molecule is C[C@@H](Oc1ccc(Br)cc1)C(=O)Nn1c(=S)[nH]c2ccccc2c1=O. The van der Waals surface area contributed by atoms with E-state index < -0.39 is 17.6 Å². The normalized spacial score (nSPS) is 11.9. The van der Waals surface area contributed by atoms with Crippen molar-refractivity contribution in [1.29, 1.82) is 0 Å². The van der Waals surface area contributed by atoms with E-state index in [-0.39, 0.29) is 4.77 Å². The van der Waals surface area contributed by atoms with Crippen molar-refractivity contribution in [2.75, 3.05) is 5.43 Å². The molecule has 25 heavy (non-hydrogen) atoms. The first kappa shape index (κ1) is 17.4. The maximum absolute atomic E-state index is 12.5. The second-order valence-corrected chi connectivity index (χ2v) is 6.61. The highest BCUT2D eigenvalue weighted by Crippen LogP contribution is 2.17. The number of fused-ring (bicyclic) bond motifs is 1. The summed E-state index contributed by atoms with van der Waals surface area (Å²) in [5.74, 6) is 0.0571. The van der Waals surface area contributed by atoms with Crippen molar-refractivity contribution in [1.82, 2.24) is 9.66 Å². The first-order valence-corrected chi connectivity index (χ1v) is 8.63. The Morgan fingerprint density at radius 2 is 1.92 bits per heavy atom. The number of nitrogens with zero attached hydrogens (tertiary/aromatic N) is 1. The zero-order valence-electron chi connectivity index (χ0n) is 13.2. The summed E-state index contributed by atoms with van der Waals surface area (Å²) in [6.45, 7) is 1.59. The number of nitrogens with one attached hydrogen (secondary N) is 2. The van der Waals surface area contributed by atoms with Gasteiger partial charge in [-0.05, 0) is 55.5 Å². The fourth-order valence-electron chi connectivity index (χ4n) is 2.24. The fourth-order valence-corrected chi connectivity index (χ4v) is 2.74. The molecule has 8 heteroatoms. The molecule has 0 radical (unpaired) electrons. The Hall–Kier alpha value is -2.45. The molecule has 1 heterocycles. The third-order valence-electron chi connectivity index (χ3n) is 3.52. The van der Waals surface area contributed by atoms with E-state index in [9.17, 15) is 9.59 Å². The quantitative estimate of drug-likeness (QED) is 0.635. The molecule has 3 rings (SSSR count). The summed E-state index contributed by atoms with van der Waals surface area (Å²) in [7, 11) is 0. The Morgan fingerprint density at radius 1 is 1.24 bits per heavy atom. The van der Waals surface area contributed by atoms with Gasteiger partial charge in [0, 0.05) is 4.47 Å². The lowest BCUT2D eigenvalue weighted by molar-refractivity contribution is -0.123. The van der Waals surface area contributed by atoms with Crippen LogP contribution in [-0.4, -0.2) is 21.7 Å². The molecule has 0 bridgehead atoms. The van der Waals surface area contributed by atoms with Gasteiger partial charge in [0.2, 0.25) is 0 Å². The second kappa shape index (κ2) is 7.20. The number of ether oxygens (including phenoxy) is 1. The van der Waals surface area contributed by atoms with Crippen molar-refractivity contribution < 1.29 is 9.53 Å². The van der Waals surface area contributed by atoms with Crippen LogP contribution in [0.15, 0.2) is 57.8 Å². The molecule has 2 N–H and O–H groups in total. The lowest BCUT2D eigenvalue weighted by atomic mass is 10.2. The predicted molar refractivity (Wildman–Crippen MR) is 102 cm³/mol. The third-order valence-corrected chi connectivity index (χ3v) is 4.34. The van der Waals surface area contributed by atoms with E-state index in [1.54, 1.807) is 43.3 Å². The van der Waals surface area contributed by atoms with Crippen LogP contribution in [0.3, 0.4) is 0 Å². The molecule has 6 nitrogen and oxygen atoms in total. The molecule has 0 aliphatic heterocycles. The van der Waals surface area contributed by atoms with Crippen LogP contribution in [0.25, 0.3) is 10.9 Å². The number of H-pyrrole nitrogens is 1. The summed E-state index contributed by atoms with van der Waals surface area (Å²) in [5, 5.41) is 0.429. The number of halogens is 1. The molecule has 1 aromatic heterocycles. The van der Waals surface area contributed by atoms with E-state index >= 15 is 0 Å². The summed E-state index contributed by atoms with van der Waals surface area (Å²) < 4.78 is 7.61. The van der Waals surface area contributed by atoms with Crippen molar-refractivity contribution in [3.63, 3.8) is 0 Å². The van der Waals surface area contributed by atoms with Gasteiger partial charge in [0.15, 0.2) is 10.9 Å². The van der Waals surface area contributed by atoms with Crippen LogP contribution in [0.1, 0.15) is 6.92 Å². The minimum absolute atomic E-state index is 0.105. The first-order valence-electron chi connectivity index (χ1n) is 7.43. The van der Waals surface area contributed by atoms with Gasteiger partial charge in [0.05, 0.1) is 10.9 Å². The number of rotatable bonds is 4. The van der Waals surface area contributed by atoms with E-state index in [0.717, 1.165) is 9.15 Å². The zero-order valence-corrected chi connectivity index (χ0v) is 15.6. The summed E-state index contributed by atoms with van der Waals surface area (Å²) in [4.78, 5) is 27.8. The number of amides is 1. The van der Waals surface area contributed by atoms with Crippen LogP contribution in [0.2, 0.25) is 0 Å². The molecule has 2 aromatic carbocycles. The number of para-hydroxylation sites is 1. The van der Waals surface area contributed by atoms with Crippen molar-refractivity contribution >= 4 is 45.0 Å². The van der Waals surface area contributed by atoms with Gasteiger partial charge in [-0.2, -0.15) is 4.68 Å². The Balaban J connectivity index is 1.83. The molecule has 0 fully saturated rings.